The molecule has 0 saturated heterocycles. The second kappa shape index (κ2) is 12.0. The van der Waals surface area contributed by atoms with Crippen molar-refractivity contribution in [3.05, 3.63) is 36.1 Å². The molecule has 0 aromatic carbocycles. The third kappa shape index (κ3) is 6.90. The van der Waals surface area contributed by atoms with Gasteiger partial charge in [0.25, 0.3) is 0 Å². The van der Waals surface area contributed by atoms with Gasteiger partial charge in [0.05, 0.1) is 0 Å². The van der Waals surface area contributed by atoms with Crippen molar-refractivity contribution < 1.29 is 17.3 Å². The Bertz CT molecular complexity index is 214. The average molecular weight is 383 g/mol. The SMILES string of the molecule is C1=C\CC/C=C\CC/1.C[C]1[C](C)C(C)C(C)C1C.[Cl][Ru]. The van der Waals surface area contributed by atoms with Gasteiger partial charge in [0.2, 0.25) is 0 Å². The van der Waals surface area contributed by atoms with E-state index in [4.69, 9.17) is 0 Å². The van der Waals surface area contributed by atoms with Gasteiger partial charge in [-0.2, -0.15) is 0 Å². The Balaban J connectivity index is 0.000000327. The van der Waals surface area contributed by atoms with Crippen molar-refractivity contribution >= 4 is 9.69 Å². The molecule has 0 amide bonds. The maximum absolute atomic E-state index is 4.57. The predicted octanol–water partition coefficient (Wildman–Crippen LogP) is 6.46. The summed E-state index contributed by atoms with van der Waals surface area (Å²) in [6, 6.07) is 0. The predicted molar refractivity (Wildman–Crippen MR) is 87.9 cm³/mol. The second-order valence-corrected chi connectivity index (χ2v) is 5.90. The van der Waals surface area contributed by atoms with E-state index in [1.165, 1.54) is 25.7 Å². The van der Waals surface area contributed by atoms with Crippen molar-refractivity contribution in [2.24, 2.45) is 17.8 Å². The van der Waals surface area contributed by atoms with Crippen molar-refractivity contribution in [3.8, 4) is 0 Å². The van der Waals surface area contributed by atoms with Gasteiger partial charge < -0.3 is 0 Å². The van der Waals surface area contributed by atoms with E-state index >= 15 is 0 Å². The van der Waals surface area contributed by atoms with Crippen molar-refractivity contribution in [3.63, 3.8) is 0 Å². The summed E-state index contributed by atoms with van der Waals surface area (Å²) in [4.78, 5) is 0. The summed E-state index contributed by atoms with van der Waals surface area (Å²) >= 11 is 1.82. The van der Waals surface area contributed by atoms with Gasteiger partial charge in [0, 0.05) is 0 Å². The van der Waals surface area contributed by atoms with Gasteiger partial charge in [0.1, 0.15) is 0 Å². The summed E-state index contributed by atoms with van der Waals surface area (Å²) in [5.41, 5.74) is 0. The Labute approximate surface area is 141 Å². The van der Waals surface area contributed by atoms with E-state index in [0.29, 0.717) is 0 Å². The van der Waals surface area contributed by atoms with E-state index in [1.54, 1.807) is 11.8 Å². The van der Waals surface area contributed by atoms with Crippen LogP contribution in [0.5, 0.6) is 0 Å². The molecule has 2 atom stereocenters. The third-order valence-electron chi connectivity index (χ3n) is 4.90. The number of hydrogen-bond donors (Lipinski definition) is 0. The normalized spacial score (nSPS) is 33.9. The molecule has 2 aliphatic rings. The van der Waals surface area contributed by atoms with Crippen LogP contribution in [0.1, 0.15) is 60.3 Å². The van der Waals surface area contributed by atoms with Crippen LogP contribution in [0.25, 0.3) is 0 Å². The molecular formula is C18H30ClRu. The molecule has 2 radical (unpaired) electrons. The summed E-state index contributed by atoms with van der Waals surface area (Å²) in [5.74, 6) is 5.74. The summed E-state index contributed by atoms with van der Waals surface area (Å²) in [7, 11) is 4.57. The molecule has 20 heavy (non-hydrogen) atoms. The van der Waals surface area contributed by atoms with Crippen molar-refractivity contribution in [1.29, 1.82) is 0 Å². The van der Waals surface area contributed by atoms with Crippen molar-refractivity contribution in [1.82, 2.24) is 0 Å². The Kier molecular flexibility index (Phi) is 12.2. The standard InChI is InChI=1S/C10H18.C8H12.ClH.Ru/c1-6-7(2)9(4)10(5)8(6)3;1-2-4-6-8-7-5-3-1;;/h6-8H,1-5H3;1-2,7-8H,3-6H2;1H;/q;;;+1/p-1/b;2-1-,8-7-;;. The Morgan fingerprint density at radius 3 is 1.15 bits per heavy atom. The summed E-state index contributed by atoms with van der Waals surface area (Å²) in [6.07, 6.45) is 14.0. The molecule has 0 heterocycles. The third-order valence-corrected chi connectivity index (χ3v) is 4.90. The van der Waals surface area contributed by atoms with Gasteiger partial charge in [-0.1, -0.05) is 58.9 Å². The number of allylic oxidation sites excluding steroid dienone is 4. The zero-order chi connectivity index (χ0) is 15.5. The fraction of sp³-hybridized carbons (Fsp3) is 0.667. The van der Waals surface area contributed by atoms with E-state index in [0.717, 1.165) is 17.8 Å². The Morgan fingerprint density at radius 2 is 1.00 bits per heavy atom. The molecule has 0 aromatic heterocycles. The van der Waals surface area contributed by atoms with E-state index in [-0.39, 0.29) is 0 Å². The van der Waals surface area contributed by atoms with Crippen LogP contribution in [0.15, 0.2) is 24.3 Å². The van der Waals surface area contributed by atoms with Gasteiger partial charge in [0.15, 0.2) is 0 Å². The fourth-order valence-corrected chi connectivity index (χ4v) is 2.80. The minimum absolute atomic E-state index is 0.815. The Morgan fingerprint density at radius 1 is 0.750 bits per heavy atom. The number of hydrogen-bond acceptors (Lipinski definition) is 0. The van der Waals surface area contributed by atoms with E-state index in [9.17, 15) is 0 Å². The summed E-state index contributed by atoms with van der Waals surface area (Å²) in [5, 5.41) is 0. The molecule has 1 fully saturated rings. The molecule has 2 heteroatoms. The fourth-order valence-electron chi connectivity index (χ4n) is 2.80. The molecule has 0 bridgehead atoms. The molecule has 117 valence electrons. The topological polar surface area (TPSA) is 0 Å². The molecule has 0 nitrogen and oxygen atoms in total. The van der Waals surface area contributed by atoms with Gasteiger partial charge in [-0.05, 0) is 55.3 Å². The summed E-state index contributed by atoms with van der Waals surface area (Å²) in [6.45, 7) is 11.6. The molecule has 2 rings (SSSR count). The van der Waals surface area contributed by atoms with Crippen LogP contribution in [0.4, 0.5) is 0 Å². The average Bonchev–Trinajstić information content (AvgIpc) is 2.59. The maximum atomic E-state index is 4.57. The Hall–Kier alpha value is 0.393. The van der Waals surface area contributed by atoms with Crippen LogP contribution in [0.3, 0.4) is 0 Å². The molecule has 2 unspecified atom stereocenters. The van der Waals surface area contributed by atoms with Crippen LogP contribution in [-0.4, -0.2) is 0 Å². The molecule has 0 spiro atoms. The summed E-state index contributed by atoms with van der Waals surface area (Å²) < 4.78 is 0. The van der Waals surface area contributed by atoms with Gasteiger partial charge in [-0.3, -0.25) is 0 Å². The van der Waals surface area contributed by atoms with Crippen LogP contribution in [-0.2, 0) is 17.3 Å². The van der Waals surface area contributed by atoms with Crippen LogP contribution in [0, 0.1) is 29.6 Å². The van der Waals surface area contributed by atoms with Gasteiger partial charge in [-0.25, -0.2) is 0 Å². The number of rotatable bonds is 0. The van der Waals surface area contributed by atoms with Crippen LogP contribution < -0.4 is 0 Å². The molecule has 0 aromatic rings. The molecule has 1 saturated carbocycles. The zero-order valence-electron chi connectivity index (χ0n) is 13.6. The second-order valence-electron chi connectivity index (χ2n) is 5.90. The monoisotopic (exact) mass is 383 g/mol. The zero-order valence-corrected chi connectivity index (χ0v) is 16.1. The van der Waals surface area contributed by atoms with E-state index in [1.807, 2.05) is 17.3 Å². The molecular weight excluding hydrogens is 353 g/mol. The molecule has 0 N–H and O–H groups in total. The first-order valence-electron chi connectivity index (χ1n) is 7.66. The molecule has 0 aliphatic heterocycles. The first-order valence-corrected chi connectivity index (χ1v) is 9.90. The minimum atomic E-state index is 0.815. The van der Waals surface area contributed by atoms with E-state index in [2.05, 4.69) is 68.6 Å². The quantitative estimate of drug-likeness (QED) is 0.333. The van der Waals surface area contributed by atoms with Crippen molar-refractivity contribution in [2.75, 3.05) is 0 Å². The number of halogens is 1. The van der Waals surface area contributed by atoms with Crippen LogP contribution >= 0.6 is 9.69 Å². The van der Waals surface area contributed by atoms with Crippen LogP contribution in [0.2, 0.25) is 0 Å². The molecule has 2 aliphatic carbocycles. The van der Waals surface area contributed by atoms with E-state index < -0.39 is 0 Å². The van der Waals surface area contributed by atoms with Gasteiger partial charge in [-0.15, -0.1) is 0 Å². The van der Waals surface area contributed by atoms with Gasteiger partial charge >= 0.3 is 27.0 Å². The van der Waals surface area contributed by atoms with Crippen molar-refractivity contribution in [2.45, 2.75) is 60.3 Å². The first-order chi connectivity index (χ1) is 9.55. The first kappa shape index (κ1) is 20.4.